The SMILES string of the molecule is Cc1nc2cc(-c3cccn4c(C(=O)c5cc(F)c(NC(=O)/C=C/CNC6CCCCC6O)c(F)c5)ccc34)c(C(F)(F)F)cc2n1C. The second-order valence-corrected chi connectivity index (χ2v) is 11.9. The molecule has 2 atom stereocenters. The van der Waals surface area contributed by atoms with Crippen LogP contribution in [-0.4, -0.2) is 49.4 Å². The minimum Gasteiger partial charge on any atom is -0.392 e. The molecule has 250 valence electrons. The molecular formula is C35H32F5N5O3. The zero-order valence-corrected chi connectivity index (χ0v) is 26.0. The molecule has 3 aromatic heterocycles. The Morgan fingerprint density at radius 3 is 2.46 bits per heavy atom. The number of hydrogen-bond acceptors (Lipinski definition) is 5. The number of ketones is 1. The Labute approximate surface area is 271 Å². The first kappa shape index (κ1) is 33.0. The molecule has 5 aromatic rings. The molecule has 2 unspecified atom stereocenters. The van der Waals surface area contributed by atoms with Gasteiger partial charge in [-0.05, 0) is 67.8 Å². The minimum atomic E-state index is -4.70. The Balaban J connectivity index is 1.25. The number of benzene rings is 2. The second-order valence-electron chi connectivity index (χ2n) is 11.9. The Kier molecular flexibility index (Phi) is 8.92. The summed E-state index contributed by atoms with van der Waals surface area (Å²) in [7, 11) is 1.63. The van der Waals surface area contributed by atoms with Gasteiger partial charge in [-0.3, -0.25) is 9.59 Å². The Hall–Kier alpha value is -4.88. The van der Waals surface area contributed by atoms with Gasteiger partial charge in [-0.15, -0.1) is 0 Å². The van der Waals surface area contributed by atoms with Crippen LogP contribution < -0.4 is 10.6 Å². The molecule has 1 saturated carbocycles. The van der Waals surface area contributed by atoms with Gasteiger partial charge < -0.3 is 24.7 Å². The lowest BCUT2D eigenvalue weighted by molar-refractivity contribution is -0.137. The van der Waals surface area contributed by atoms with Crippen LogP contribution >= 0.6 is 0 Å². The second kappa shape index (κ2) is 13.0. The number of hydrogen-bond donors (Lipinski definition) is 3. The lowest BCUT2D eigenvalue weighted by Crippen LogP contribution is -2.42. The predicted octanol–water partition coefficient (Wildman–Crippen LogP) is 6.72. The van der Waals surface area contributed by atoms with Crippen molar-refractivity contribution in [3.8, 4) is 11.1 Å². The number of rotatable bonds is 8. The summed E-state index contributed by atoms with van der Waals surface area (Å²) in [6, 6.07) is 9.71. The summed E-state index contributed by atoms with van der Waals surface area (Å²) in [4.78, 5) is 30.2. The molecule has 0 bridgehead atoms. The Bertz CT molecular complexity index is 2060. The van der Waals surface area contributed by atoms with Gasteiger partial charge in [0.25, 0.3) is 0 Å². The number of aryl methyl sites for hydroxylation is 2. The van der Waals surface area contributed by atoms with E-state index in [0.717, 1.165) is 43.5 Å². The zero-order chi connectivity index (χ0) is 34.3. The van der Waals surface area contributed by atoms with Gasteiger partial charge >= 0.3 is 6.18 Å². The zero-order valence-electron chi connectivity index (χ0n) is 26.0. The highest BCUT2D eigenvalue weighted by Gasteiger charge is 2.35. The van der Waals surface area contributed by atoms with Crippen molar-refractivity contribution in [2.24, 2.45) is 7.05 Å². The monoisotopic (exact) mass is 665 g/mol. The Morgan fingerprint density at radius 1 is 1.02 bits per heavy atom. The van der Waals surface area contributed by atoms with E-state index in [4.69, 9.17) is 0 Å². The van der Waals surface area contributed by atoms with Crippen LogP contribution in [-0.2, 0) is 18.0 Å². The third kappa shape index (κ3) is 6.35. The van der Waals surface area contributed by atoms with Crippen LogP contribution in [0.25, 0.3) is 27.7 Å². The van der Waals surface area contributed by atoms with Gasteiger partial charge in [-0.1, -0.05) is 25.0 Å². The van der Waals surface area contributed by atoms with Crippen molar-refractivity contribution in [3.63, 3.8) is 0 Å². The van der Waals surface area contributed by atoms with E-state index in [0.29, 0.717) is 23.3 Å². The molecule has 1 fully saturated rings. The first-order valence-electron chi connectivity index (χ1n) is 15.4. The molecular weight excluding hydrogens is 633 g/mol. The number of pyridine rings is 1. The van der Waals surface area contributed by atoms with Crippen molar-refractivity contribution in [1.82, 2.24) is 19.3 Å². The van der Waals surface area contributed by atoms with Crippen molar-refractivity contribution in [2.75, 3.05) is 11.9 Å². The van der Waals surface area contributed by atoms with E-state index in [9.17, 15) is 27.9 Å². The van der Waals surface area contributed by atoms with Crippen LogP contribution in [0, 0.1) is 18.6 Å². The first-order valence-corrected chi connectivity index (χ1v) is 15.4. The van der Waals surface area contributed by atoms with Gasteiger partial charge in [0.15, 0.2) is 0 Å². The summed E-state index contributed by atoms with van der Waals surface area (Å²) in [5.41, 5.74) is -1.02. The van der Waals surface area contributed by atoms with Crippen molar-refractivity contribution in [2.45, 2.75) is 50.9 Å². The molecule has 48 heavy (non-hydrogen) atoms. The topological polar surface area (TPSA) is 101 Å². The molecule has 0 spiro atoms. The summed E-state index contributed by atoms with van der Waals surface area (Å²) in [5, 5.41) is 15.3. The number of nitrogens with one attached hydrogen (secondary N) is 2. The third-order valence-electron chi connectivity index (χ3n) is 8.81. The van der Waals surface area contributed by atoms with Gasteiger partial charge in [0.2, 0.25) is 11.7 Å². The number of nitrogens with zero attached hydrogens (tertiary/aromatic N) is 3. The number of aromatic nitrogens is 3. The van der Waals surface area contributed by atoms with Gasteiger partial charge in [-0.25, -0.2) is 13.8 Å². The molecule has 3 N–H and O–H groups in total. The number of imidazole rings is 1. The normalized spacial score (nSPS) is 17.1. The molecule has 13 heteroatoms. The van der Waals surface area contributed by atoms with Gasteiger partial charge in [0.1, 0.15) is 23.1 Å². The van der Waals surface area contributed by atoms with Gasteiger partial charge in [0, 0.05) is 43.0 Å². The summed E-state index contributed by atoms with van der Waals surface area (Å²) in [6.07, 6.45) is 2.35. The molecule has 6 rings (SSSR count). The fourth-order valence-corrected chi connectivity index (χ4v) is 6.24. The van der Waals surface area contributed by atoms with E-state index in [1.54, 1.807) is 18.5 Å². The Morgan fingerprint density at radius 2 is 1.75 bits per heavy atom. The number of aliphatic hydroxyl groups is 1. The van der Waals surface area contributed by atoms with E-state index in [1.165, 1.54) is 47.0 Å². The van der Waals surface area contributed by atoms with Crippen molar-refractivity contribution in [3.05, 3.63) is 101 Å². The third-order valence-corrected chi connectivity index (χ3v) is 8.81. The van der Waals surface area contributed by atoms with Crippen LogP contribution in [0.2, 0.25) is 0 Å². The number of aliphatic hydroxyl groups excluding tert-OH is 1. The molecule has 1 aliphatic carbocycles. The number of fused-ring (bicyclic) bond motifs is 2. The molecule has 8 nitrogen and oxygen atoms in total. The van der Waals surface area contributed by atoms with Gasteiger partial charge in [0.05, 0.1) is 33.9 Å². The maximum Gasteiger partial charge on any atom is 0.417 e. The quantitative estimate of drug-likeness (QED) is 0.0972. The average Bonchev–Trinajstić information content (AvgIpc) is 3.60. The van der Waals surface area contributed by atoms with Crippen molar-refractivity contribution >= 4 is 33.9 Å². The lowest BCUT2D eigenvalue weighted by atomic mass is 9.93. The molecule has 3 heterocycles. The molecule has 2 aromatic carbocycles. The number of alkyl halides is 3. The maximum absolute atomic E-state index is 15.1. The fraction of sp³-hybridized carbons (Fsp3) is 0.286. The molecule has 0 saturated heterocycles. The maximum atomic E-state index is 15.1. The van der Waals surface area contributed by atoms with Crippen LogP contribution in [0.3, 0.4) is 0 Å². The summed E-state index contributed by atoms with van der Waals surface area (Å²) in [6.45, 7) is 1.96. The van der Waals surface area contributed by atoms with E-state index < -0.39 is 46.9 Å². The largest absolute Gasteiger partial charge is 0.417 e. The molecule has 0 aliphatic heterocycles. The van der Waals surface area contributed by atoms with Gasteiger partial charge in [-0.2, -0.15) is 13.2 Å². The van der Waals surface area contributed by atoms with E-state index >= 15 is 8.78 Å². The molecule has 1 amide bonds. The van der Waals surface area contributed by atoms with Crippen molar-refractivity contribution in [1.29, 1.82) is 0 Å². The summed E-state index contributed by atoms with van der Waals surface area (Å²) < 4.78 is 76.0. The summed E-state index contributed by atoms with van der Waals surface area (Å²) in [5.74, 6) is -3.40. The first-order chi connectivity index (χ1) is 22.8. The summed E-state index contributed by atoms with van der Waals surface area (Å²) >= 11 is 0. The molecule has 0 radical (unpaired) electrons. The number of carbonyl (C=O) groups excluding carboxylic acids is 2. The molecule has 1 aliphatic rings. The predicted molar refractivity (Wildman–Crippen MR) is 171 cm³/mol. The van der Waals surface area contributed by atoms with Crippen molar-refractivity contribution < 1.29 is 36.6 Å². The fourth-order valence-electron chi connectivity index (χ4n) is 6.24. The highest BCUT2D eigenvalue weighted by atomic mass is 19.4. The van der Waals surface area contributed by atoms with Crippen LogP contribution in [0.1, 0.15) is 53.1 Å². The lowest BCUT2D eigenvalue weighted by Gasteiger charge is -2.27. The highest BCUT2D eigenvalue weighted by Crippen LogP contribution is 2.41. The van der Waals surface area contributed by atoms with Crippen LogP contribution in [0.5, 0.6) is 0 Å². The van der Waals surface area contributed by atoms with E-state index in [2.05, 4.69) is 15.6 Å². The van der Waals surface area contributed by atoms with Crippen LogP contribution in [0.4, 0.5) is 27.6 Å². The highest BCUT2D eigenvalue weighted by molar-refractivity contribution is 6.09. The number of halogens is 5. The van der Waals surface area contributed by atoms with E-state index in [1.807, 2.05) is 0 Å². The smallest absolute Gasteiger partial charge is 0.392 e. The number of carbonyl (C=O) groups is 2. The minimum absolute atomic E-state index is 0.0377. The number of anilines is 1. The van der Waals surface area contributed by atoms with Crippen LogP contribution in [0.15, 0.2) is 66.9 Å². The average molecular weight is 666 g/mol. The number of amides is 1. The van der Waals surface area contributed by atoms with E-state index in [-0.39, 0.29) is 40.5 Å². The standard InChI is InChI=1S/C35H32F5N5O3/c1-19-42-27-17-22(23(35(38,39)40)18-30(27)44(19)2)21-7-6-14-45-28(21)11-12-29(45)34(48)20-15-24(36)33(25(37)16-20)43-32(47)10-5-13-41-26-8-3-4-9-31(26)46/h5-7,10-12,14-18,26,31,41,46H,3-4,8-9,13H2,1-2H3,(H,43,47)/b10-5+.